The minimum atomic E-state index is -0.479. The lowest BCUT2D eigenvalue weighted by Gasteiger charge is -2.01. The number of aromatic nitrogens is 1. The number of thiazole rings is 1. The summed E-state index contributed by atoms with van der Waals surface area (Å²) < 4.78 is 5.61. The van der Waals surface area contributed by atoms with Crippen LogP contribution in [0.2, 0.25) is 0 Å². The van der Waals surface area contributed by atoms with E-state index in [1.54, 1.807) is 0 Å². The van der Waals surface area contributed by atoms with Crippen LogP contribution in [0.1, 0.15) is 10.5 Å². The molecule has 88 valence electrons. The van der Waals surface area contributed by atoms with Crippen molar-refractivity contribution in [2.75, 3.05) is 12.8 Å². The Hall–Kier alpha value is -1.40. The number of halogens is 1. The van der Waals surface area contributed by atoms with Gasteiger partial charge in [-0.15, -0.1) is 0 Å². The summed E-state index contributed by atoms with van der Waals surface area (Å²) in [6.45, 7) is 0. The fourth-order valence-corrected chi connectivity index (χ4v) is 2.61. The average Bonchev–Trinajstić information content (AvgIpc) is 2.70. The van der Waals surface area contributed by atoms with Gasteiger partial charge < -0.3 is 10.5 Å². The van der Waals surface area contributed by atoms with Gasteiger partial charge in [0.2, 0.25) is 0 Å². The zero-order valence-electron chi connectivity index (χ0n) is 8.94. The van der Waals surface area contributed by atoms with Crippen molar-refractivity contribution in [2.45, 2.75) is 0 Å². The lowest BCUT2D eigenvalue weighted by molar-refractivity contribution is 0.0596. The second-order valence-corrected chi connectivity index (χ2v) is 5.18. The molecule has 6 heteroatoms. The van der Waals surface area contributed by atoms with Crippen molar-refractivity contribution in [1.29, 1.82) is 0 Å². The number of anilines is 1. The van der Waals surface area contributed by atoms with Gasteiger partial charge in [0, 0.05) is 4.47 Å². The summed E-state index contributed by atoms with van der Waals surface area (Å²) in [4.78, 5) is 16.3. The van der Waals surface area contributed by atoms with Gasteiger partial charge in [-0.2, -0.15) is 0 Å². The standard InChI is InChI=1S/C11H9BrN2O2S/c1-16-10(15)8-9(17-11(13)14-8)6-3-2-4-7(12)5-6/h2-5H,1H3,(H2,13,14). The molecule has 17 heavy (non-hydrogen) atoms. The van der Waals surface area contributed by atoms with E-state index in [2.05, 4.69) is 25.7 Å². The van der Waals surface area contributed by atoms with Crippen LogP contribution in [0.5, 0.6) is 0 Å². The van der Waals surface area contributed by atoms with Gasteiger partial charge in [-0.1, -0.05) is 39.4 Å². The maximum Gasteiger partial charge on any atom is 0.358 e. The maximum absolute atomic E-state index is 11.6. The molecule has 1 heterocycles. The van der Waals surface area contributed by atoms with Crippen LogP contribution < -0.4 is 5.73 Å². The van der Waals surface area contributed by atoms with Crippen LogP contribution in [0.4, 0.5) is 5.13 Å². The minimum absolute atomic E-state index is 0.258. The maximum atomic E-state index is 11.6. The number of carbonyl (C=O) groups excluding carboxylic acids is 1. The van der Waals surface area contributed by atoms with Gasteiger partial charge >= 0.3 is 5.97 Å². The summed E-state index contributed by atoms with van der Waals surface area (Å²) in [5.74, 6) is -0.479. The zero-order valence-corrected chi connectivity index (χ0v) is 11.3. The zero-order chi connectivity index (χ0) is 12.4. The summed E-state index contributed by atoms with van der Waals surface area (Å²) in [6, 6.07) is 7.59. The molecule has 2 N–H and O–H groups in total. The second-order valence-electron chi connectivity index (χ2n) is 3.23. The fraction of sp³-hybridized carbons (Fsp3) is 0.0909. The number of carbonyl (C=O) groups is 1. The number of nitrogens with two attached hydrogens (primary N) is 1. The molecule has 0 aliphatic heterocycles. The van der Waals surface area contributed by atoms with Gasteiger partial charge in [0.1, 0.15) is 0 Å². The molecule has 0 fully saturated rings. The lowest BCUT2D eigenvalue weighted by atomic mass is 10.1. The first kappa shape index (κ1) is 12.1. The van der Waals surface area contributed by atoms with Gasteiger partial charge in [0.25, 0.3) is 0 Å². The highest BCUT2D eigenvalue weighted by atomic mass is 79.9. The van der Waals surface area contributed by atoms with Crippen LogP contribution in [-0.2, 0) is 4.74 Å². The van der Waals surface area contributed by atoms with Crippen molar-refractivity contribution >= 4 is 38.4 Å². The van der Waals surface area contributed by atoms with E-state index in [1.807, 2.05) is 24.3 Å². The molecule has 1 aromatic carbocycles. The quantitative estimate of drug-likeness (QED) is 0.866. The third-order valence-electron chi connectivity index (χ3n) is 2.11. The molecule has 0 atom stereocenters. The molecule has 0 aliphatic rings. The van der Waals surface area contributed by atoms with Crippen LogP contribution in [0.15, 0.2) is 28.7 Å². The molecule has 2 aromatic rings. The first-order valence-electron chi connectivity index (χ1n) is 4.72. The Labute approximate surface area is 111 Å². The van der Waals surface area contributed by atoms with E-state index in [9.17, 15) is 4.79 Å². The van der Waals surface area contributed by atoms with Crippen molar-refractivity contribution < 1.29 is 9.53 Å². The average molecular weight is 313 g/mol. The predicted molar refractivity (Wildman–Crippen MR) is 71.0 cm³/mol. The topological polar surface area (TPSA) is 65.2 Å². The summed E-state index contributed by atoms with van der Waals surface area (Å²) in [5.41, 5.74) is 6.78. The Kier molecular flexibility index (Phi) is 3.44. The Morgan fingerprint density at radius 2 is 2.29 bits per heavy atom. The Bertz CT molecular complexity index is 568. The van der Waals surface area contributed by atoms with Crippen molar-refractivity contribution in [3.05, 3.63) is 34.4 Å². The van der Waals surface area contributed by atoms with Crippen LogP contribution >= 0.6 is 27.3 Å². The molecule has 2 rings (SSSR count). The van der Waals surface area contributed by atoms with E-state index in [1.165, 1.54) is 18.4 Å². The van der Waals surface area contributed by atoms with Gasteiger partial charge in [0.05, 0.1) is 12.0 Å². The second kappa shape index (κ2) is 4.85. The van der Waals surface area contributed by atoms with Crippen molar-refractivity contribution in [1.82, 2.24) is 4.98 Å². The monoisotopic (exact) mass is 312 g/mol. The van der Waals surface area contributed by atoms with E-state index in [0.717, 1.165) is 14.9 Å². The summed E-state index contributed by atoms with van der Waals surface area (Å²) in [7, 11) is 1.32. The summed E-state index contributed by atoms with van der Waals surface area (Å²) in [5, 5.41) is 0.348. The van der Waals surface area contributed by atoms with Crippen LogP contribution in [0.25, 0.3) is 10.4 Å². The number of nitrogens with zero attached hydrogens (tertiary/aromatic N) is 1. The van der Waals surface area contributed by atoms with Gasteiger partial charge in [-0.25, -0.2) is 9.78 Å². The molecule has 0 saturated carbocycles. The molecule has 0 spiro atoms. The van der Waals surface area contributed by atoms with Gasteiger partial charge in [0.15, 0.2) is 10.8 Å². The molecule has 0 aliphatic carbocycles. The number of ether oxygens (including phenoxy) is 1. The molecule has 0 bridgehead atoms. The minimum Gasteiger partial charge on any atom is -0.464 e. The molecular weight excluding hydrogens is 304 g/mol. The molecule has 0 unspecified atom stereocenters. The van der Waals surface area contributed by atoms with Crippen molar-refractivity contribution in [3.8, 4) is 10.4 Å². The highest BCUT2D eigenvalue weighted by Gasteiger charge is 2.19. The number of esters is 1. The Morgan fingerprint density at radius 3 is 2.94 bits per heavy atom. The van der Waals surface area contributed by atoms with E-state index >= 15 is 0 Å². The van der Waals surface area contributed by atoms with Crippen molar-refractivity contribution in [3.63, 3.8) is 0 Å². The van der Waals surface area contributed by atoms with E-state index in [-0.39, 0.29) is 5.69 Å². The van der Waals surface area contributed by atoms with Crippen LogP contribution in [-0.4, -0.2) is 18.1 Å². The van der Waals surface area contributed by atoms with Gasteiger partial charge in [-0.05, 0) is 17.7 Å². The number of hydrogen-bond donors (Lipinski definition) is 1. The molecule has 1 aromatic heterocycles. The normalized spacial score (nSPS) is 10.2. The van der Waals surface area contributed by atoms with Crippen molar-refractivity contribution in [2.24, 2.45) is 0 Å². The van der Waals surface area contributed by atoms with E-state index in [4.69, 9.17) is 5.73 Å². The number of hydrogen-bond acceptors (Lipinski definition) is 5. The van der Waals surface area contributed by atoms with E-state index in [0.29, 0.717) is 5.13 Å². The predicted octanol–water partition coefficient (Wildman–Crippen LogP) is 2.94. The first-order chi connectivity index (χ1) is 8.11. The lowest BCUT2D eigenvalue weighted by Crippen LogP contribution is -2.03. The van der Waals surface area contributed by atoms with Crippen LogP contribution in [0.3, 0.4) is 0 Å². The molecule has 0 amide bonds. The molecule has 4 nitrogen and oxygen atoms in total. The largest absolute Gasteiger partial charge is 0.464 e. The summed E-state index contributed by atoms with van der Waals surface area (Å²) >= 11 is 4.65. The van der Waals surface area contributed by atoms with E-state index < -0.39 is 5.97 Å². The van der Waals surface area contributed by atoms with Crippen LogP contribution in [0, 0.1) is 0 Å². The highest BCUT2D eigenvalue weighted by Crippen LogP contribution is 2.33. The number of nitrogen functional groups attached to an aromatic ring is 1. The highest BCUT2D eigenvalue weighted by molar-refractivity contribution is 9.10. The number of rotatable bonds is 2. The SMILES string of the molecule is COC(=O)c1nc(N)sc1-c1cccc(Br)c1. The third-order valence-corrected chi connectivity index (χ3v) is 3.54. The number of benzene rings is 1. The Balaban J connectivity index is 2.55. The number of methoxy groups -OCH3 is 1. The van der Waals surface area contributed by atoms with Gasteiger partial charge in [-0.3, -0.25) is 0 Å². The Morgan fingerprint density at radius 1 is 1.53 bits per heavy atom. The smallest absolute Gasteiger partial charge is 0.358 e. The molecule has 0 saturated heterocycles. The fourth-order valence-electron chi connectivity index (χ4n) is 1.40. The molecular formula is C11H9BrN2O2S. The molecule has 0 radical (unpaired) electrons. The summed E-state index contributed by atoms with van der Waals surface area (Å²) in [6.07, 6.45) is 0. The third kappa shape index (κ3) is 2.48. The first-order valence-corrected chi connectivity index (χ1v) is 6.33.